The maximum atomic E-state index is 12.1. The SMILES string of the molecule is CN(C)S(=O)(=O)N1CC2(C[C@@H](OCc3ccccn3)CCO2)C1. The lowest BCUT2D eigenvalue weighted by Crippen LogP contribution is -2.68. The molecule has 0 amide bonds. The molecule has 0 aromatic carbocycles. The van der Waals surface area contributed by atoms with Crippen LogP contribution in [-0.2, 0) is 26.3 Å². The van der Waals surface area contributed by atoms with Crippen molar-refractivity contribution in [3.63, 3.8) is 0 Å². The van der Waals surface area contributed by atoms with Gasteiger partial charge in [0.2, 0.25) is 0 Å². The van der Waals surface area contributed by atoms with Gasteiger partial charge in [-0.1, -0.05) is 6.07 Å². The molecule has 128 valence electrons. The Balaban J connectivity index is 1.54. The van der Waals surface area contributed by atoms with Crippen molar-refractivity contribution in [3.8, 4) is 0 Å². The van der Waals surface area contributed by atoms with E-state index in [0.717, 1.165) is 18.5 Å². The highest BCUT2D eigenvalue weighted by Crippen LogP contribution is 2.37. The molecule has 7 nitrogen and oxygen atoms in total. The Morgan fingerprint density at radius 3 is 2.87 bits per heavy atom. The summed E-state index contributed by atoms with van der Waals surface area (Å²) in [7, 11) is -0.267. The molecule has 1 spiro atoms. The van der Waals surface area contributed by atoms with Gasteiger partial charge in [-0.05, 0) is 18.6 Å². The molecule has 2 aliphatic heterocycles. The molecule has 1 aromatic rings. The van der Waals surface area contributed by atoms with Crippen molar-refractivity contribution >= 4 is 10.2 Å². The topological polar surface area (TPSA) is 72.0 Å². The van der Waals surface area contributed by atoms with Gasteiger partial charge in [-0.15, -0.1) is 0 Å². The molecule has 0 aliphatic carbocycles. The minimum atomic E-state index is -3.35. The number of rotatable bonds is 5. The van der Waals surface area contributed by atoms with Crippen LogP contribution in [0.15, 0.2) is 24.4 Å². The van der Waals surface area contributed by atoms with Crippen LogP contribution in [0.4, 0.5) is 0 Å². The van der Waals surface area contributed by atoms with E-state index in [0.29, 0.717) is 26.3 Å². The fourth-order valence-electron chi connectivity index (χ4n) is 3.02. The van der Waals surface area contributed by atoms with Crippen molar-refractivity contribution in [2.24, 2.45) is 0 Å². The zero-order valence-corrected chi connectivity index (χ0v) is 14.3. The molecule has 1 atom stereocenters. The maximum Gasteiger partial charge on any atom is 0.281 e. The van der Waals surface area contributed by atoms with Crippen LogP contribution < -0.4 is 0 Å². The summed E-state index contributed by atoms with van der Waals surface area (Å²) in [5.41, 5.74) is 0.509. The van der Waals surface area contributed by atoms with E-state index in [-0.39, 0.29) is 6.10 Å². The Morgan fingerprint density at radius 2 is 2.22 bits per heavy atom. The van der Waals surface area contributed by atoms with Gasteiger partial charge in [0.25, 0.3) is 10.2 Å². The first-order chi connectivity index (χ1) is 10.9. The van der Waals surface area contributed by atoms with Gasteiger partial charge in [-0.25, -0.2) is 0 Å². The van der Waals surface area contributed by atoms with Gasteiger partial charge in [0, 0.05) is 46.4 Å². The first-order valence-electron chi connectivity index (χ1n) is 7.74. The van der Waals surface area contributed by atoms with Crippen LogP contribution in [0.1, 0.15) is 18.5 Å². The lowest BCUT2D eigenvalue weighted by molar-refractivity contribution is -0.181. The third-order valence-electron chi connectivity index (χ3n) is 4.36. The van der Waals surface area contributed by atoms with Crippen molar-refractivity contribution in [1.82, 2.24) is 13.6 Å². The molecule has 2 fully saturated rings. The van der Waals surface area contributed by atoms with Crippen molar-refractivity contribution < 1.29 is 17.9 Å². The highest BCUT2D eigenvalue weighted by Gasteiger charge is 2.52. The summed E-state index contributed by atoms with van der Waals surface area (Å²) in [4.78, 5) is 4.25. The number of pyridine rings is 1. The van der Waals surface area contributed by atoms with Gasteiger partial charge in [-0.2, -0.15) is 17.0 Å². The van der Waals surface area contributed by atoms with E-state index in [9.17, 15) is 8.42 Å². The molecule has 2 aliphatic rings. The van der Waals surface area contributed by atoms with Crippen LogP contribution in [0.3, 0.4) is 0 Å². The quantitative estimate of drug-likeness (QED) is 0.786. The van der Waals surface area contributed by atoms with Crippen LogP contribution in [0.25, 0.3) is 0 Å². The minimum absolute atomic E-state index is 0.0787. The second-order valence-electron chi connectivity index (χ2n) is 6.34. The van der Waals surface area contributed by atoms with Gasteiger partial charge in [0.05, 0.1) is 24.0 Å². The van der Waals surface area contributed by atoms with E-state index in [1.165, 1.54) is 8.61 Å². The molecule has 2 saturated heterocycles. The monoisotopic (exact) mass is 341 g/mol. The van der Waals surface area contributed by atoms with Crippen LogP contribution in [-0.4, -0.2) is 67.5 Å². The van der Waals surface area contributed by atoms with Crippen molar-refractivity contribution in [2.75, 3.05) is 33.8 Å². The maximum absolute atomic E-state index is 12.1. The van der Waals surface area contributed by atoms with Crippen LogP contribution in [0, 0.1) is 0 Å². The summed E-state index contributed by atoms with van der Waals surface area (Å²) in [6, 6.07) is 5.75. The Bertz CT molecular complexity index is 629. The van der Waals surface area contributed by atoms with Gasteiger partial charge in [-0.3, -0.25) is 4.98 Å². The summed E-state index contributed by atoms with van der Waals surface area (Å²) in [6.07, 6.45) is 3.38. The van der Waals surface area contributed by atoms with E-state index in [1.807, 2.05) is 18.2 Å². The number of hydrogen-bond acceptors (Lipinski definition) is 5. The second-order valence-corrected chi connectivity index (χ2v) is 8.48. The highest BCUT2D eigenvalue weighted by atomic mass is 32.2. The zero-order chi connectivity index (χ0) is 16.5. The molecule has 0 bridgehead atoms. The third-order valence-corrected chi connectivity index (χ3v) is 6.19. The molecule has 0 radical (unpaired) electrons. The third kappa shape index (κ3) is 3.56. The molecule has 8 heteroatoms. The molecule has 3 heterocycles. The Labute approximate surface area is 137 Å². The lowest BCUT2D eigenvalue weighted by atomic mass is 9.86. The van der Waals surface area contributed by atoms with Gasteiger partial charge in [0.15, 0.2) is 0 Å². The Hall–Kier alpha value is -1.06. The summed E-state index contributed by atoms with van der Waals surface area (Å²) in [6.45, 7) is 1.87. The zero-order valence-electron chi connectivity index (χ0n) is 13.5. The average molecular weight is 341 g/mol. The molecule has 0 N–H and O–H groups in total. The second kappa shape index (κ2) is 6.45. The van der Waals surface area contributed by atoms with E-state index in [2.05, 4.69) is 4.98 Å². The van der Waals surface area contributed by atoms with Gasteiger partial charge < -0.3 is 9.47 Å². The lowest BCUT2D eigenvalue weighted by Gasteiger charge is -2.52. The van der Waals surface area contributed by atoms with E-state index < -0.39 is 15.8 Å². The number of hydrogen-bond donors (Lipinski definition) is 0. The smallest absolute Gasteiger partial charge is 0.281 e. The van der Waals surface area contributed by atoms with Crippen molar-refractivity contribution in [1.29, 1.82) is 0 Å². The van der Waals surface area contributed by atoms with Crippen LogP contribution in [0.5, 0.6) is 0 Å². The van der Waals surface area contributed by atoms with Crippen molar-refractivity contribution in [2.45, 2.75) is 31.2 Å². The molecular weight excluding hydrogens is 318 g/mol. The standard InChI is InChI=1S/C15H23N3O4S/c1-17(2)23(19,20)18-11-15(12-18)9-14(6-8-22-15)21-10-13-5-3-4-7-16-13/h3-5,7,14H,6,8-12H2,1-2H3/t14-/m0/s1. The molecule has 0 unspecified atom stereocenters. The molecular formula is C15H23N3O4S. The number of ether oxygens (including phenoxy) is 2. The van der Waals surface area contributed by atoms with Crippen LogP contribution >= 0.6 is 0 Å². The van der Waals surface area contributed by atoms with Gasteiger partial charge in [0.1, 0.15) is 0 Å². The summed E-state index contributed by atoms with van der Waals surface area (Å²) in [5, 5.41) is 0. The molecule has 1 aromatic heterocycles. The first-order valence-corrected chi connectivity index (χ1v) is 9.14. The average Bonchev–Trinajstić information content (AvgIpc) is 2.51. The summed E-state index contributed by atoms with van der Waals surface area (Å²) in [5.74, 6) is 0. The van der Waals surface area contributed by atoms with E-state index in [1.54, 1.807) is 20.3 Å². The summed E-state index contributed by atoms with van der Waals surface area (Å²) >= 11 is 0. The summed E-state index contributed by atoms with van der Waals surface area (Å²) < 4.78 is 38.7. The first kappa shape index (κ1) is 16.8. The minimum Gasteiger partial charge on any atom is -0.372 e. The normalized spacial score (nSPS) is 24.7. The van der Waals surface area contributed by atoms with Crippen LogP contribution in [0.2, 0.25) is 0 Å². The Morgan fingerprint density at radius 1 is 1.43 bits per heavy atom. The Kier molecular flexibility index (Phi) is 4.70. The highest BCUT2D eigenvalue weighted by molar-refractivity contribution is 7.86. The predicted octanol–water partition coefficient (Wildman–Crippen LogP) is 0.638. The van der Waals surface area contributed by atoms with E-state index >= 15 is 0 Å². The number of aromatic nitrogens is 1. The van der Waals surface area contributed by atoms with Crippen molar-refractivity contribution in [3.05, 3.63) is 30.1 Å². The molecule has 23 heavy (non-hydrogen) atoms. The fourth-order valence-corrected chi connectivity index (χ4v) is 4.28. The predicted molar refractivity (Wildman–Crippen MR) is 84.9 cm³/mol. The fraction of sp³-hybridized carbons (Fsp3) is 0.667. The molecule has 0 saturated carbocycles. The number of nitrogens with zero attached hydrogens (tertiary/aromatic N) is 3. The van der Waals surface area contributed by atoms with Gasteiger partial charge >= 0.3 is 0 Å². The molecule has 3 rings (SSSR count). The largest absolute Gasteiger partial charge is 0.372 e. The van der Waals surface area contributed by atoms with E-state index in [4.69, 9.17) is 9.47 Å².